The molecule has 2 aromatic rings. The lowest BCUT2D eigenvalue weighted by Crippen LogP contribution is -1.89. The number of fused-ring (bicyclic) bond motifs is 1. The molecular weight excluding hydrogens is 284 g/mol. The second-order valence-corrected chi connectivity index (χ2v) is 6.02. The zero-order valence-electron chi connectivity index (χ0n) is 12.4. The molecule has 0 atom stereocenters. The van der Waals surface area contributed by atoms with Gasteiger partial charge < -0.3 is 9.84 Å². The molecule has 0 aliphatic heterocycles. The van der Waals surface area contributed by atoms with Crippen molar-refractivity contribution in [2.45, 2.75) is 32.6 Å². The van der Waals surface area contributed by atoms with Crippen molar-refractivity contribution in [1.82, 2.24) is 0 Å². The van der Waals surface area contributed by atoms with Crippen LogP contribution in [-0.2, 0) is 11.2 Å². The first-order chi connectivity index (χ1) is 10.2. The van der Waals surface area contributed by atoms with Gasteiger partial charge in [0.15, 0.2) is 0 Å². The highest BCUT2D eigenvalue weighted by Crippen LogP contribution is 2.35. The summed E-state index contributed by atoms with van der Waals surface area (Å²) < 4.78 is 6.41. The van der Waals surface area contributed by atoms with Crippen molar-refractivity contribution >= 4 is 33.5 Å². The number of thiophene rings is 1. The van der Waals surface area contributed by atoms with Crippen molar-refractivity contribution < 1.29 is 14.6 Å². The lowest BCUT2D eigenvalue weighted by molar-refractivity contribution is -0.131. The second kappa shape index (κ2) is 7.27. The Balaban J connectivity index is 2.42. The fourth-order valence-corrected chi connectivity index (χ4v) is 3.55. The topological polar surface area (TPSA) is 46.5 Å². The molecule has 0 aliphatic carbocycles. The molecule has 0 aliphatic rings. The Bertz CT molecular complexity index is 655. The number of hydrogen-bond donors (Lipinski definition) is 1. The van der Waals surface area contributed by atoms with E-state index in [1.54, 1.807) is 24.5 Å². The predicted molar refractivity (Wildman–Crippen MR) is 88.3 cm³/mol. The maximum atomic E-state index is 10.8. The molecule has 2 rings (SSSR count). The van der Waals surface area contributed by atoms with Gasteiger partial charge in [-0.25, -0.2) is 4.79 Å². The van der Waals surface area contributed by atoms with Crippen LogP contribution in [0.25, 0.3) is 16.2 Å². The number of benzene rings is 1. The largest absolute Gasteiger partial charge is 0.497 e. The van der Waals surface area contributed by atoms with E-state index in [2.05, 4.69) is 13.0 Å². The van der Waals surface area contributed by atoms with Gasteiger partial charge in [0.05, 0.1) is 7.11 Å². The minimum Gasteiger partial charge on any atom is -0.497 e. The molecular formula is C17H20O3S. The summed E-state index contributed by atoms with van der Waals surface area (Å²) in [5.74, 6) is -0.0813. The molecule has 112 valence electrons. The second-order valence-electron chi connectivity index (χ2n) is 4.94. The first-order valence-corrected chi connectivity index (χ1v) is 7.97. The maximum Gasteiger partial charge on any atom is 0.328 e. The highest BCUT2D eigenvalue weighted by atomic mass is 32.1. The SMILES string of the molecule is CCCCCc1c(/C=C/C(=O)O)sc2cc(OC)ccc12. The van der Waals surface area contributed by atoms with Crippen LogP contribution in [0.5, 0.6) is 5.75 Å². The molecule has 0 saturated carbocycles. The first-order valence-electron chi connectivity index (χ1n) is 7.16. The molecule has 0 saturated heterocycles. The van der Waals surface area contributed by atoms with Gasteiger partial charge in [0.25, 0.3) is 0 Å². The van der Waals surface area contributed by atoms with Crippen LogP contribution in [0.15, 0.2) is 24.3 Å². The van der Waals surface area contributed by atoms with Crippen molar-refractivity contribution in [2.75, 3.05) is 7.11 Å². The van der Waals surface area contributed by atoms with Gasteiger partial charge in [-0.2, -0.15) is 0 Å². The van der Waals surface area contributed by atoms with Crippen LogP contribution in [-0.4, -0.2) is 18.2 Å². The summed E-state index contributed by atoms with van der Waals surface area (Å²) >= 11 is 1.62. The van der Waals surface area contributed by atoms with E-state index in [1.165, 1.54) is 29.9 Å². The van der Waals surface area contributed by atoms with Crippen molar-refractivity contribution in [2.24, 2.45) is 0 Å². The Morgan fingerprint density at radius 1 is 1.38 bits per heavy atom. The number of unbranched alkanes of at least 4 members (excludes halogenated alkanes) is 2. The number of methoxy groups -OCH3 is 1. The molecule has 3 nitrogen and oxygen atoms in total. The molecule has 0 bridgehead atoms. The highest BCUT2D eigenvalue weighted by molar-refractivity contribution is 7.20. The number of ether oxygens (including phenoxy) is 1. The van der Waals surface area contributed by atoms with Gasteiger partial charge >= 0.3 is 5.97 Å². The quantitative estimate of drug-likeness (QED) is 0.593. The minimum absolute atomic E-state index is 0.831. The highest BCUT2D eigenvalue weighted by Gasteiger charge is 2.11. The summed E-state index contributed by atoms with van der Waals surface area (Å²) in [7, 11) is 1.65. The molecule has 0 fully saturated rings. The number of aryl methyl sites for hydroxylation is 1. The maximum absolute atomic E-state index is 10.8. The Kier molecular flexibility index (Phi) is 5.39. The van der Waals surface area contributed by atoms with Crippen molar-refractivity contribution in [3.05, 3.63) is 34.7 Å². The summed E-state index contributed by atoms with van der Waals surface area (Å²) in [5.41, 5.74) is 1.25. The van der Waals surface area contributed by atoms with Crippen molar-refractivity contribution in [3.63, 3.8) is 0 Å². The van der Waals surface area contributed by atoms with Gasteiger partial charge in [-0.15, -0.1) is 11.3 Å². The van der Waals surface area contributed by atoms with E-state index in [-0.39, 0.29) is 0 Å². The predicted octanol–water partition coefficient (Wildman–Crippen LogP) is 4.74. The molecule has 1 heterocycles. The molecule has 1 aromatic heterocycles. The monoisotopic (exact) mass is 304 g/mol. The Morgan fingerprint density at radius 2 is 2.19 bits per heavy atom. The summed E-state index contributed by atoms with van der Waals surface area (Å²) in [6.45, 7) is 2.18. The lowest BCUT2D eigenvalue weighted by Gasteiger charge is -2.02. The van der Waals surface area contributed by atoms with E-state index in [0.29, 0.717) is 0 Å². The number of carbonyl (C=O) groups is 1. The van der Waals surface area contributed by atoms with Crippen LogP contribution in [0.4, 0.5) is 0 Å². The zero-order chi connectivity index (χ0) is 15.2. The van der Waals surface area contributed by atoms with Crippen LogP contribution in [0, 0.1) is 0 Å². The third-order valence-corrected chi connectivity index (χ3v) is 4.60. The summed E-state index contributed by atoms with van der Waals surface area (Å²) in [4.78, 5) is 11.8. The lowest BCUT2D eigenvalue weighted by atomic mass is 10.0. The number of aliphatic carboxylic acids is 1. The standard InChI is InChI=1S/C17H20O3S/c1-3-4-5-6-13-14-8-7-12(20-2)11-16(14)21-15(13)9-10-17(18)19/h7-11H,3-6H2,1-2H3,(H,18,19)/b10-9+. The number of carboxylic acid groups (broad SMARTS) is 1. The smallest absolute Gasteiger partial charge is 0.328 e. The van der Waals surface area contributed by atoms with Crippen LogP contribution in [0.2, 0.25) is 0 Å². The Labute approximate surface area is 128 Å². The molecule has 21 heavy (non-hydrogen) atoms. The number of rotatable bonds is 7. The number of carboxylic acids is 1. The first kappa shape index (κ1) is 15.6. The minimum atomic E-state index is -0.912. The summed E-state index contributed by atoms with van der Waals surface area (Å²) in [6.07, 6.45) is 7.40. The van der Waals surface area contributed by atoms with Gasteiger partial charge in [-0.05, 0) is 48.1 Å². The molecule has 0 amide bonds. The average Bonchev–Trinajstić information content (AvgIpc) is 2.82. The zero-order valence-corrected chi connectivity index (χ0v) is 13.2. The Morgan fingerprint density at radius 3 is 2.86 bits per heavy atom. The van der Waals surface area contributed by atoms with Gasteiger partial charge in [-0.3, -0.25) is 0 Å². The average molecular weight is 304 g/mol. The van der Waals surface area contributed by atoms with E-state index in [0.717, 1.165) is 28.2 Å². The third kappa shape index (κ3) is 3.85. The normalized spacial score (nSPS) is 11.3. The van der Waals surface area contributed by atoms with E-state index >= 15 is 0 Å². The summed E-state index contributed by atoms with van der Waals surface area (Å²) in [6, 6.07) is 6.05. The van der Waals surface area contributed by atoms with Gasteiger partial charge in [0.1, 0.15) is 5.75 Å². The van der Waals surface area contributed by atoms with Gasteiger partial charge in [-0.1, -0.05) is 19.8 Å². The summed E-state index contributed by atoms with van der Waals surface area (Å²) in [5, 5.41) is 10.0. The van der Waals surface area contributed by atoms with E-state index in [9.17, 15) is 4.79 Å². The molecule has 4 heteroatoms. The molecule has 0 unspecified atom stereocenters. The van der Waals surface area contributed by atoms with Crippen LogP contribution >= 0.6 is 11.3 Å². The number of hydrogen-bond acceptors (Lipinski definition) is 3. The van der Waals surface area contributed by atoms with Crippen LogP contribution in [0.3, 0.4) is 0 Å². The fraction of sp³-hybridized carbons (Fsp3) is 0.353. The van der Waals surface area contributed by atoms with E-state index in [1.807, 2.05) is 12.1 Å². The third-order valence-electron chi connectivity index (χ3n) is 3.44. The van der Waals surface area contributed by atoms with Gasteiger partial charge in [0, 0.05) is 15.7 Å². The molecule has 1 N–H and O–H groups in total. The molecule has 0 radical (unpaired) electrons. The van der Waals surface area contributed by atoms with E-state index in [4.69, 9.17) is 9.84 Å². The van der Waals surface area contributed by atoms with Crippen molar-refractivity contribution in [3.8, 4) is 5.75 Å². The Hall–Kier alpha value is -1.81. The van der Waals surface area contributed by atoms with Crippen LogP contribution in [0.1, 0.15) is 36.6 Å². The molecule has 0 spiro atoms. The van der Waals surface area contributed by atoms with E-state index < -0.39 is 5.97 Å². The van der Waals surface area contributed by atoms with Crippen LogP contribution < -0.4 is 4.74 Å². The van der Waals surface area contributed by atoms with Gasteiger partial charge in [0.2, 0.25) is 0 Å². The van der Waals surface area contributed by atoms with Crippen molar-refractivity contribution in [1.29, 1.82) is 0 Å². The molecule has 1 aromatic carbocycles. The fourth-order valence-electron chi connectivity index (χ4n) is 2.37.